The van der Waals surface area contributed by atoms with Crippen LogP contribution < -0.4 is 15.8 Å². The molecule has 4 atom stereocenters. The number of likely N-dealkylation sites (tertiary alicyclic amines) is 1. The molecule has 1 aliphatic carbocycles. The number of ether oxygens (including phenoxy) is 1. The van der Waals surface area contributed by atoms with Crippen molar-refractivity contribution < 1.29 is 9.53 Å². The maximum Gasteiger partial charge on any atom is 0.317 e. The van der Waals surface area contributed by atoms with Crippen molar-refractivity contribution in [2.24, 2.45) is 17.6 Å². The number of nitrogens with one attached hydrogen (secondary N) is 1. The number of rotatable bonds is 3. The van der Waals surface area contributed by atoms with Gasteiger partial charge in [-0.1, -0.05) is 12.1 Å². The summed E-state index contributed by atoms with van der Waals surface area (Å²) in [5, 5.41) is 3.09. The Morgan fingerprint density at radius 1 is 1.36 bits per heavy atom. The van der Waals surface area contributed by atoms with Crippen LogP contribution in [0, 0.1) is 11.8 Å². The van der Waals surface area contributed by atoms with E-state index in [9.17, 15) is 4.79 Å². The summed E-state index contributed by atoms with van der Waals surface area (Å²) in [5.74, 6) is 1.74. The number of piperidine rings is 1. The van der Waals surface area contributed by atoms with Crippen molar-refractivity contribution in [1.29, 1.82) is 0 Å². The van der Waals surface area contributed by atoms with E-state index >= 15 is 0 Å². The normalized spacial score (nSPS) is 28.3. The van der Waals surface area contributed by atoms with Gasteiger partial charge >= 0.3 is 6.03 Å². The SMILES string of the molecule is COc1cccc([C@@H](C)NC(=O)N2C[C@H]3CC[C@@H](C2)C3N)c1. The molecule has 1 aromatic rings. The molecule has 5 heteroatoms. The molecule has 2 amide bonds. The van der Waals surface area contributed by atoms with Crippen LogP contribution in [0.25, 0.3) is 0 Å². The zero-order valence-electron chi connectivity index (χ0n) is 13.3. The van der Waals surface area contributed by atoms with Gasteiger partial charge in [0.2, 0.25) is 0 Å². The molecule has 1 heterocycles. The van der Waals surface area contributed by atoms with E-state index in [1.165, 1.54) is 0 Å². The highest BCUT2D eigenvalue weighted by Crippen LogP contribution is 2.35. The summed E-state index contributed by atoms with van der Waals surface area (Å²) in [6.45, 7) is 3.57. The summed E-state index contributed by atoms with van der Waals surface area (Å²) in [7, 11) is 1.65. The lowest BCUT2D eigenvalue weighted by Crippen LogP contribution is -2.53. The molecule has 22 heavy (non-hydrogen) atoms. The first-order valence-electron chi connectivity index (χ1n) is 8.03. The van der Waals surface area contributed by atoms with Crippen molar-refractivity contribution in [3.8, 4) is 5.75 Å². The van der Waals surface area contributed by atoms with Crippen LogP contribution >= 0.6 is 0 Å². The second kappa shape index (κ2) is 6.16. The monoisotopic (exact) mass is 303 g/mol. The topological polar surface area (TPSA) is 67.6 Å². The van der Waals surface area contributed by atoms with Crippen molar-refractivity contribution in [2.45, 2.75) is 31.8 Å². The van der Waals surface area contributed by atoms with E-state index in [2.05, 4.69) is 5.32 Å². The predicted molar refractivity (Wildman–Crippen MR) is 85.7 cm³/mol. The predicted octanol–water partition coefficient (Wildman–Crippen LogP) is 2.13. The van der Waals surface area contributed by atoms with Gasteiger partial charge in [-0.2, -0.15) is 0 Å². The van der Waals surface area contributed by atoms with E-state index in [1.807, 2.05) is 36.1 Å². The molecule has 3 rings (SSSR count). The number of nitrogens with two attached hydrogens (primary N) is 1. The fourth-order valence-corrected chi connectivity index (χ4v) is 3.70. The number of carbonyl (C=O) groups is 1. The van der Waals surface area contributed by atoms with E-state index < -0.39 is 0 Å². The van der Waals surface area contributed by atoms with E-state index in [-0.39, 0.29) is 18.1 Å². The molecule has 120 valence electrons. The van der Waals surface area contributed by atoms with Gasteiger partial charge in [0.15, 0.2) is 0 Å². The maximum absolute atomic E-state index is 12.5. The molecule has 2 fully saturated rings. The molecule has 1 saturated heterocycles. The summed E-state index contributed by atoms with van der Waals surface area (Å²) >= 11 is 0. The fraction of sp³-hybridized carbons (Fsp3) is 0.588. The minimum absolute atomic E-state index is 0.0131. The second-order valence-corrected chi connectivity index (χ2v) is 6.53. The summed E-state index contributed by atoms with van der Waals surface area (Å²) in [4.78, 5) is 14.4. The minimum Gasteiger partial charge on any atom is -0.497 e. The molecule has 0 aromatic heterocycles. The molecule has 1 unspecified atom stereocenters. The first-order valence-corrected chi connectivity index (χ1v) is 8.03. The molecule has 0 spiro atoms. The lowest BCUT2D eigenvalue weighted by atomic mass is 9.93. The maximum atomic E-state index is 12.5. The molecular formula is C17H25N3O2. The molecular weight excluding hydrogens is 278 g/mol. The van der Waals surface area contributed by atoms with Crippen LogP contribution in [-0.4, -0.2) is 37.2 Å². The summed E-state index contributed by atoms with van der Waals surface area (Å²) in [6, 6.07) is 8.05. The third kappa shape index (κ3) is 2.90. The highest BCUT2D eigenvalue weighted by Gasteiger charge is 2.41. The summed E-state index contributed by atoms with van der Waals surface area (Å²) < 4.78 is 5.24. The number of methoxy groups -OCH3 is 1. The number of amides is 2. The number of urea groups is 1. The standard InChI is InChI=1S/C17H25N3O2/c1-11(12-4-3-5-15(8-12)22-2)19-17(21)20-9-13-6-7-14(10-20)16(13)18/h3-5,8,11,13-14,16H,6-7,9-10,18H2,1-2H3,(H,19,21)/t11-,13-,14+,16?/m1/s1. The molecule has 1 saturated carbocycles. The molecule has 1 aromatic carbocycles. The summed E-state index contributed by atoms with van der Waals surface area (Å²) in [5.41, 5.74) is 7.24. The first kappa shape index (κ1) is 15.2. The fourth-order valence-electron chi connectivity index (χ4n) is 3.70. The van der Waals surface area contributed by atoms with Crippen molar-refractivity contribution in [3.05, 3.63) is 29.8 Å². The average molecular weight is 303 g/mol. The Hall–Kier alpha value is -1.75. The van der Waals surface area contributed by atoms with Crippen LogP contribution in [0.3, 0.4) is 0 Å². The smallest absolute Gasteiger partial charge is 0.317 e. The van der Waals surface area contributed by atoms with Crippen LogP contribution in [0.4, 0.5) is 4.79 Å². The van der Waals surface area contributed by atoms with Crippen molar-refractivity contribution in [3.63, 3.8) is 0 Å². The number of carbonyl (C=O) groups excluding carboxylic acids is 1. The Labute approximate surface area is 131 Å². The third-order valence-corrected chi connectivity index (χ3v) is 5.13. The number of benzene rings is 1. The lowest BCUT2D eigenvalue weighted by Gasteiger charge is -2.36. The molecule has 3 N–H and O–H groups in total. The van der Waals surface area contributed by atoms with Crippen molar-refractivity contribution in [1.82, 2.24) is 10.2 Å². The van der Waals surface area contributed by atoms with Gasteiger partial charge in [-0.05, 0) is 49.3 Å². The highest BCUT2D eigenvalue weighted by molar-refractivity contribution is 5.75. The number of hydrogen-bond acceptors (Lipinski definition) is 3. The van der Waals surface area contributed by atoms with E-state index in [4.69, 9.17) is 10.5 Å². The second-order valence-electron chi connectivity index (χ2n) is 6.53. The van der Waals surface area contributed by atoms with Gasteiger partial charge in [0, 0.05) is 19.1 Å². The lowest BCUT2D eigenvalue weighted by molar-refractivity contribution is 0.148. The van der Waals surface area contributed by atoms with Crippen molar-refractivity contribution >= 4 is 6.03 Å². The van der Waals surface area contributed by atoms with Crippen LogP contribution in [0.2, 0.25) is 0 Å². The molecule has 0 radical (unpaired) electrons. The Morgan fingerprint density at radius 2 is 2.05 bits per heavy atom. The quantitative estimate of drug-likeness (QED) is 0.899. The minimum atomic E-state index is -0.0455. The third-order valence-electron chi connectivity index (χ3n) is 5.13. The zero-order chi connectivity index (χ0) is 15.7. The Balaban J connectivity index is 1.61. The van der Waals surface area contributed by atoms with Gasteiger partial charge in [0.25, 0.3) is 0 Å². The highest BCUT2D eigenvalue weighted by atomic mass is 16.5. The molecule has 2 aliphatic rings. The van der Waals surface area contributed by atoms with Gasteiger partial charge in [-0.15, -0.1) is 0 Å². The Bertz CT molecular complexity index is 534. The molecule has 2 bridgehead atoms. The number of nitrogens with zero attached hydrogens (tertiary/aromatic N) is 1. The van der Waals surface area contributed by atoms with Crippen LogP contribution in [0.5, 0.6) is 5.75 Å². The molecule has 1 aliphatic heterocycles. The number of fused-ring (bicyclic) bond motifs is 2. The Morgan fingerprint density at radius 3 is 2.68 bits per heavy atom. The van der Waals surface area contributed by atoms with Gasteiger partial charge in [-0.25, -0.2) is 4.79 Å². The van der Waals surface area contributed by atoms with Crippen LogP contribution in [0.15, 0.2) is 24.3 Å². The van der Waals surface area contributed by atoms with Gasteiger partial charge in [0.1, 0.15) is 5.75 Å². The van der Waals surface area contributed by atoms with Gasteiger partial charge in [-0.3, -0.25) is 0 Å². The zero-order valence-corrected chi connectivity index (χ0v) is 13.3. The van der Waals surface area contributed by atoms with Gasteiger partial charge in [0.05, 0.1) is 13.2 Å². The van der Waals surface area contributed by atoms with Crippen molar-refractivity contribution in [2.75, 3.05) is 20.2 Å². The average Bonchev–Trinajstić information content (AvgIpc) is 2.76. The van der Waals surface area contributed by atoms with E-state index in [0.717, 1.165) is 37.2 Å². The Kier molecular flexibility index (Phi) is 4.25. The first-order chi connectivity index (χ1) is 10.6. The van der Waals surface area contributed by atoms with Crippen LogP contribution in [0.1, 0.15) is 31.4 Å². The summed E-state index contributed by atoms with van der Waals surface area (Å²) in [6.07, 6.45) is 2.31. The van der Waals surface area contributed by atoms with E-state index in [1.54, 1.807) is 7.11 Å². The van der Waals surface area contributed by atoms with E-state index in [0.29, 0.717) is 11.8 Å². The largest absolute Gasteiger partial charge is 0.497 e. The van der Waals surface area contributed by atoms with Crippen LogP contribution in [-0.2, 0) is 0 Å². The van der Waals surface area contributed by atoms with Gasteiger partial charge < -0.3 is 20.7 Å². The number of hydrogen-bond donors (Lipinski definition) is 2. The molecule has 5 nitrogen and oxygen atoms in total.